The molecule has 0 saturated carbocycles. The molecule has 0 aliphatic heterocycles. The van der Waals surface area contributed by atoms with Crippen molar-refractivity contribution in [2.75, 3.05) is 12.3 Å². The molecule has 16 heavy (non-hydrogen) atoms. The lowest BCUT2D eigenvalue weighted by atomic mass is 10.0. The van der Waals surface area contributed by atoms with Gasteiger partial charge in [0.2, 0.25) is 5.91 Å². The molecule has 0 heterocycles. The van der Waals surface area contributed by atoms with Crippen LogP contribution in [0.2, 0.25) is 0 Å². The standard InChI is InChI=1S/C10H20N2O2S2/c1-7(2)9(13)4-3-8(11)10(14)12-5-6-16-15/h7-8,15H,3-6,11H2,1-2H3,(H,12,14)/t8-/m1/s1. The fourth-order valence-corrected chi connectivity index (χ4v) is 1.54. The molecule has 1 amide bonds. The lowest BCUT2D eigenvalue weighted by Gasteiger charge is -2.12. The molecule has 0 rings (SSSR count). The summed E-state index contributed by atoms with van der Waals surface area (Å²) in [6.07, 6.45) is 0.782. The third-order valence-electron chi connectivity index (χ3n) is 2.18. The van der Waals surface area contributed by atoms with E-state index in [9.17, 15) is 9.59 Å². The smallest absolute Gasteiger partial charge is 0.236 e. The van der Waals surface area contributed by atoms with Crippen molar-refractivity contribution in [3.63, 3.8) is 0 Å². The van der Waals surface area contributed by atoms with Crippen molar-refractivity contribution in [2.24, 2.45) is 11.7 Å². The molecule has 0 fully saturated rings. The highest BCUT2D eigenvalue weighted by Crippen LogP contribution is 2.04. The maximum absolute atomic E-state index is 11.4. The minimum atomic E-state index is -0.590. The zero-order valence-electron chi connectivity index (χ0n) is 9.73. The van der Waals surface area contributed by atoms with Gasteiger partial charge < -0.3 is 11.1 Å². The van der Waals surface area contributed by atoms with Gasteiger partial charge in [-0.2, -0.15) is 0 Å². The molecule has 0 aliphatic rings. The van der Waals surface area contributed by atoms with Crippen LogP contribution < -0.4 is 11.1 Å². The summed E-state index contributed by atoms with van der Waals surface area (Å²) in [5, 5.41) is 2.69. The Labute approximate surface area is 106 Å². The second kappa shape index (κ2) is 8.90. The second-order valence-corrected chi connectivity index (χ2v) is 5.33. The van der Waals surface area contributed by atoms with Gasteiger partial charge in [0, 0.05) is 24.6 Å². The third-order valence-corrected chi connectivity index (χ3v) is 3.11. The first-order valence-electron chi connectivity index (χ1n) is 5.31. The average molecular weight is 264 g/mol. The maximum atomic E-state index is 11.4. The Balaban J connectivity index is 3.75. The number of thiol groups is 1. The van der Waals surface area contributed by atoms with Crippen LogP contribution in [0, 0.1) is 5.92 Å². The van der Waals surface area contributed by atoms with Gasteiger partial charge in [-0.1, -0.05) is 24.6 Å². The van der Waals surface area contributed by atoms with E-state index in [2.05, 4.69) is 17.0 Å². The number of nitrogens with two attached hydrogens (primary N) is 1. The number of rotatable bonds is 8. The Morgan fingerprint density at radius 1 is 1.44 bits per heavy atom. The van der Waals surface area contributed by atoms with Crippen molar-refractivity contribution in [2.45, 2.75) is 32.7 Å². The van der Waals surface area contributed by atoms with Crippen molar-refractivity contribution in [3.8, 4) is 0 Å². The maximum Gasteiger partial charge on any atom is 0.236 e. The first-order chi connectivity index (χ1) is 7.49. The van der Waals surface area contributed by atoms with Crippen molar-refractivity contribution >= 4 is 34.1 Å². The average Bonchev–Trinajstić information content (AvgIpc) is 2.25. The lowest BCUT2D eigenvalue weighted by molar-refractivity contribution is -0.123. The van der Waals surface area contributed by atoms with E-state index in [1.807, 2.05) is 13.8 Å². The number of ketones is 1. The number of carbonyl (C=O) groups excluding carboxylic acids is 2. The van der Waals surface area contributed by atoms with Crippen molar-refractivity contribution in [3.05, 3.63) is 0 Å². The number of hydrogen-bond donors (Lipinski definition) is 3. The summed E-state index contributed by atoms with van der Waals surface area (Å²) in [4.78, 5) is 22.7. The van der Waals surface area contributed by atoms with Crippen LogP contribution in [0.15, 0.2) is 0 Å². The van der Waals surface area contributed by atoms with E-state index in [1.165, 1.54) is 10.8 Å². The predicted molar refractivity (Wildman–Crippen MR) is 71.5 cm³/mol. The molecule has 3 N–H and O–H groups in total. The Morgan fingerprint density at radius 3 is 2.56 bits per heavy atom. The zero-order valence-corrected chi connectivity index (χ0v) is 11.4. The van der Waals surface area contributed by atoms with Crippen LogP contribution in [0.1, 0.15) is 26.7 Å². The van der Waals surface area contributed by atoms with E-state index in [0.29, 0.717) is 19.4 Å². The molecule has 0 radical (unpaired) electrons. The van der Waals surface area contributed by atoms with E-state index < -0.39 is 6.04 Å². The number of Topliss-reactive ketones (excluding diaryl/α,β-unsaturated/α-hetero) is 1. The second-order valence-electron chi connectivity index (χ2n) is 3.89. The minimum absolute atomic E-state index is 0.0100. The zero-order chi connectivity index (χ0) is 12.6. The molecular formula is C10H20N2O2S2. The number of carbonyl (C=O) groups is 2. The van der Waals surface area contributed by atoms with Gasteiger partial charge in [0.05, 0.1) is 6.04 Å². The first-order valence-corrected chi connectivity index (χ1v) is 7.35. The highest BCUT2D eigenvalue weighted by molar-refractivity contribution is 8.68. The minimum Gasteiger partial charge on any atom is -0.354 e. The quantitative estimate of drug-likeness (QED) is 0.348. The van der Waals surface area contributed by atoms with E-state index in [4.69, 9.17) is 5.73 Å². The number of hydrogen-bond acceptors (Lipinski definition) is 5. The van der Waals surface area contributed by atoms with Crippen LogP contribution in [0.25, 0.3) is 0 Å². The van der Waals surface area contributed by atoms with Crippen LogP contribution in [0.5, 0.6) is 0 Å². The van der Waals surface area contributed by atoms with Gasteiger partial charge in [-0.3, -0.25) is 9.59 Å². The van der Waals surface area contributed by atoms with Crippen LogP contribution in [-0.4, -0.2) is 30.0 Å². The molecule has 6 heteroatoms. The molecule has 0 unspecified atom stereocenters. The molecule has 94 valence electrons. The van der Waals surface area contributed by atoms with E-state index in [0.717, 1.165) is 5.75 Å². The summed E-state index contributed by atoms with van der Waals surface area (Å²) in [5.74, 6) is 0.705. The van der Waals surface area contributed by atoms with Gasteiger partial charge in [-0.25, -0.2) is 0 Å². The predicted octanol–water partition coefficient (Wildman–Crippen LogP) is 1.01. The summed E-state index contributed by atoms with van der Waals surface area (Å²) in [5.41, 5.74) is 5.66. The van der Waals surface area contributed by atoms with Gasteiger partial charge in [0.25, 0.3) is 0 Å². The Hall–Kier alpha value is -0.200. The number of amides is 1. The van der Waals surface area contributed by atoms with E-state index in [-0.39, 0.29) is 17.6 Å². The Kier molecular flexibility index (Phi) is 8.78. The molecule has 0 aromatic carbocycles. The first kappa shape index (κ1) is 15.8. The molecule has 0 saturated heterocycles. The van der Waals surface area contributed by atoms with Crippen LogP contribution in [0.4, 0.5) is 0 Å². The SMILES string of the molecule is CC(C)C(=O)CC[C@@H](N)C(=O)NCCSS. The topological polar surface area (TPSA) is 72.2 Å². The fraction of sp³-hybridized carbons (Fsp3) is 0.800. The highest BCUT2D eigenvalue weighted by atomic mass is 33.1. The Morgan fingerprint density at radius 2 is 2.06 bits per heavy atom. The van der Waals surface area contributed by atoms with Crippen molar-refractivity contribution in [1.29, 1.82) is 0 Å². The summed E-state index contributed by atoms with van der Waals surface area (Å²) in [6.45, 7) is 4.24. The van der Waals surface area contributed by atoms with Crippen LogP contribution >= 0.6 is 22.5 Å². The Bertz CT molecular complexity index is 235. The van der Waals surface area contributed by atoms with Gasteiger partial charge in [0.15, 0.2) is 0 Å². The van der Waals surface area contributed by atoms with E-state index >= 15 is 0 Å². The van der Waals surface area contributed by atoms with Gasteiger partial charge in [0.1, 0.15) is 5.78 Å². The summed E-state index contributed by atoms with van der Waals surface area (Å²) < 4.78 is 0. The molecule has 1 atom stereocenters. The largest absolute Gasteiger partial charge is 0.354 e. The van der Waals surface area contributed by atoms with Gasteiger partial charge >= 0.3 is 0 Å². The lowest BCUT2D eigenvalue weighted by Crippen LogP contribution is -2.41. The molecular weight excluding hydrogens is 244 g/mol. The van der Waals surface area contributed by atoms with Crippen molar-refractivity contribution in [1.82, 2.24) is 5.32 Å². The molecule has 0 bridgehead atoms. The normalized spacial score (nSPS) is 12.6. The van der Waals surface area contributed by atoms with E-state index in [1.54, 1.807) is 0 Å². The van der Waals surface area contributed by atoms with Crippen molar-refractivity contribution < 1.29 is 9.59 Å². The van der Waals surface area contributed by atoms with Gasteiger partial charge in [-0.15, -0.1) is 11.7 Å². The van der Waals surface area contributed by atoms with Gasteiger partial charge in [-0.05, 0) is 6.42 Å². The number of nitrogens with one attached hydrogen (secondary N) is 1. The summed E-state index contributed by atoms with van der Waals surface area (Å²) >= 11 is 3.95. The molecule has 0 aliphatic carbocycles. The monoisotopic (exact) mass is 264 g/mol. The molecule has 0 aromatic heterocycles. The highest BCUT2D eigenvalue weighted by Gasteiger charge is 2.15. The fourth-order valence-electron chi connectivity index (χ4n) is 1.07. The third kappa shape index (κ3) is 7.14. The molecule has 0 spiro atoms. The molecule has 0 aromatic rings. The summed E-state index contributed by atoms with van der Waals surface area (Å²) in [6, 6.07) is -0.590. The van der Waals surface area contributed by atoms with Crippen LogP contribution in [0.3, 0.4) is 0 Å². The van der Waals surface area contributed by atoms with Crippen LogP contribution in [-0.2, 0) is 9.59 Å². The summed E-state index contributed by atoms with van der Waals surface area (Å²) in [7, 11) is 1.36. The molecule has 4 nitrogen and oxygen atoms in total.